The number of anilines is 2. The van der Waals surface area contributed by atoms with Gasteiger partial charge >= 0.3 is 5.97 Å². The Balaban J connectivity index is 1.77. The summed E-state index contributed by atoms with van der Waals surface area (Å²) in [6.45, 7) is 3.44. The van der Waals surface area contributed by atoms with Crippen molar-refractivity contribution in [2.24, 2.45) is 0 Å². The number of nitro groups is 1. The van der Waals surface area contributed by atoms with Gasteiger partial charge in [0.15, 0.2) is 6.10 Å². The molecule has 0 spiro atoms. The second kappa shape index (κ2) is 7.67. The third kappa shape index (κ3) is 3.53. The lowest BCUT2D eigenvalue weighted by Crippen LogP contribution is -2.43. The second-order valence-electron chi connectivity index (χ2n) is 6.68. The topological polar surface area (TPSA) is 102 Å². The predicted octanol–water partition coefficient (Wildman–Crippen LogP) is 3.16. The number of para-hydroxylation sites is 1. The molecule has 3 rings (SSSR count). The van der Waals surface area contributed by atoms with Gasteiger partial charge in [-0.1, -0.05) is 18.2 Å². The molecule has 1 heterocycles. The van der Waals surface area contributed by atoms with E-state index in [4.69, 9.17) is 4.74 Å². The third-order valence-corrected chi connectivity index (χ3v) is 4.78. The summed E-state index contributed by atoms with van der Waals surface area (Å²) in [5.74, 6) is -1.11. The molecule has 2 atom stereocenters. The van der Waals surface area contributed by atoms with Gasteiger partial charge < -0.3 is 15.0 Å². The minimum absolute atomic E-state index is 0.0141. The molecule has 0 saturated carbocycles. The maximum Gasteiger partial charge on any atom is 0.339 e. The second-order valence-corrected chi connectivity index (χ2v) is 6.68. The SMILES string of the molecule is CNc1ccc(C(=O)O[C@H](C)C(=O)N2c3ccccc3C[C@H]2C)cc1[N+](=O)[O-]. The first-order valence-corrected chi connectivity index (χ1v) is 8.91. The number of nitrogens with one attached hydrogen (secondary N) is 1. The van der Waals surface area contributed by atoms with E-state index in [2.05, 4.69) is 5.32 Å². The van der Waals surface area contributed by atoms with Gasteiger partial charge in [-0.05, 0) is 44.0 Å². The van der Waals surface area contributed by atoms with Gasteiger partial charge in [0.25, 0.3) is 11.6 Å². The van der Waals surface area contributed by atoms with E-state index in [1.165, 1.54) is 19.1 Å². The molecule has 2 aromatic rings. The van der Waals surface area contributed by atoms with Crippen molar-refractivity contribution >= 4 is 28.9 Å². The number of nitro benzene ring substituents is 1. The van der Waals surface area contributed by atoms with E-state index < -0.39 is 17.0 Å². The number of ether oxygens (including phenoxy) is 1. The van der Waals surface area contributed by atoms with Gasteiger partial charge in [0.2, 0.25) is 0 Å². The number of hydrogen-bond acceptors (Lipinski definition) is 6. The fourth-order valence-corrected chi connectivity index (χ4v) is 3.40. The Labute approximate surface area is 162 Å². The molecule has 0 radical (unpaired) electrons. The van der Waals surface area contributed by atoms with Crippen molar-refractivity contribution < 1.29 is 19.2 Å². The Morgan fingerprint density at radius 3 is 2.68 bits per heavy atom. The molecular formula is C20H21N3O5. The number of esters is 1. The van der Waals surface area contributed by atoms with Crippen LogP contribution in [0.3, 0.4) is 0 Å². The maximum atomic E-state index is 12.9. The average molecular weight is 383 g/mol. The highest BCUT2D eigenvalue weighted by Crippen LogP contribution is 2.32. The van der Waals surface area contributed by atoms with Gasteiger partial charge in [-0.3, -0.25) is 14.9 Å². The third-order valence-electron chi connectivity index (χ3n) is 4.78. The Hall–Kier alpha value is -3.42. The number of amides is 1. The largest absolute Gasteiger partial charge is 0.449 e. The summed E-state index contributed by atoms with van der Waals surface area (Å²) in [4.78, 5) is 37.6. The summed E-state index contributed by atoms with van der Waals surface area (Å²) >= 11 is 0. The maximum absolute atomic E-state index is 12.9. The van der Waals surface area contributed by atoms with Crippen molar-refractivity contribution in [1.29, 1.82) is 0 Å². The molecule has 1 amide bonds. The quantitative estimate of drug-likeness (QED) is 0.483. The highest BCUT2D eigenvalue weighted by atomic mass is 16.6. The summed E-state index contributed by atoms with van der Waals surface area (Å²) < 4.78 is 5.31. The number of hydrogen-bond donors (Lipinski definition) is 1. The minimum atomic E-state index is -1.02. The number of benzene rings is 2. The predicted molar refractivity (Wildman–Crippen MR) is 105 cm³/mol. The van der Waals surface area contributed by atoms with Crippen molar-refractivity contribution in [1.82, 2.24) is 0 Å². The highest BCUT2D eigenvalue weighted by molar-refractivity contribution is 6.01. The van der Waals surface area contributed by atoms with Gasteiger partial charge in [-0.2, -0.15) is 0 Å². The van der Waals surface area contributed by atoms with Crippen LogP contribution in [-0.4, -0.2) is 36.0 Å². The molecule has 28 heavy (non-hydrogen) atoms. The van der Waals surface area contributed by atoms with Gasteiger partial charge in [0.1, 0.15) is 5.69 Å². The van der Waals surface area contributed by atoms with Crippen LogP contribution in [0.2, 0.25) is 0 Å². The molecule has 1 N–H and O–H groups in total. The molecule has 0 fully saturated rings. The lowest BCUT2D eigenvalue weighted by molar-refractivity contribution is -0.384. The first-order chi connectivity index (χ1) is 13.3. The molecule has 0 unspecified atom stereocenters. The molecule has 0 aliphatic carbocycles. The highest BCUT2D eigenvalue weighted by Gasteiger charge is 2.34. The van der Waals surface area contributed by atoms with Crippen LogP contribution in [0.1, 0.15) is 29.8 Å². The van der Waals surface area contributed by atoms with E-state index in [0.717, 1.165) is 23.7 Å². The van der Waals surface area contributed by atoms with Crippen LogP contribution in [0.4, 0.5) is 17.1 Å². The number of nitrogens with zero attached hydrogens (tertiary/aromatic N) is 2. The Kier molecular flexibility index (Phi) is 5.30. The lowest BCUT2D eigenvalue weighted by atomic mass is 10.1. The van der Waals surface area contributed by atoms with E-state index in [-0.39, 0.29) is 28.9 Å². The molecule has 0 aromatic heterocycles. The Morgan fingerprint density at radius 2 is 2.00 bits per heavy atom. The molecule has 8 nitrogen and oxygen atoms in total. The monoisotopic (exact) mass is 383 g/mol. The van der Waals surface area contributed by atoms with Gasteiger partial charge in [0, 0.05) is 24.8 Å². The zero-order valence-corrected chi connectivity index (χ0v) is 15.8. The zero-order chi connectivity index (χ0) is 20.4. The van der Waals surface area contributed by atoms with Crippen molar-refractivity contribution in [2.75, 3.05) is 17.3 Å². The number of carbonyl (C=O) groups excluding carboxylic acids is 2. The molecule has 0 bridgehead atoms. The fourth-order valence-electron chi connectivity index (χ4n) is 3.40. The van der Waals surface area contributed by atoms with Crippen LogP contribution in [0.5, 0.6) is 0 Å². The van der Waals surface area contributed by atoms with Crippen LogP contribution >= 0.6 is 0 Å². The zero-order valence-electron chi connectivity index (χ0n) is 15.8. The summed E-state index contributed by atoms with van der Waals surface area (Å²) in [6.07, 6.45) is -0.288. The first-order valence-electron chi connectivity index (χ1n) is 8.91. The molecule has 146 valence electrons. The summed E-state index contributed by atoms with van der Waals surface area (Å²) in [5.41, 5.74) is 1.95. The molecule has 0 saturated heterocycles. The number of rotatable bonds is 5. The first kappa shape index (κ1) is 19.3. The van der Waals surface area contributed by atoms with Gasteiger partial charge in [0.05, 0.1) is 10.5 Å². The van der Waals surface area contributed by atoms with Crippen LogP contribution in [0, 0.1) is 10.1 Å². The van der Waals surface area contributed by atoms with Gasteiger partial charge in [-0.15, -0.1) is 0 Å². The summed E-state index contributed by atoms with van der Waals surface area (Å²) in [5, 5.41) is 13.9. The Bertz CT molecular complexity index is 943. The summed E-state index contributed by atoms with van der Waals surface area (Å²) in [6, 6.07) is 11.6. The molecule has 8 heteroatoms. The normalized spacial score (nSPS) is 16.2. The number of carbonyl (C=O) groups is 2. The molecule has 1 aliphatic heterocycles. The van der Waals surface area contributed by atoms with E-state index in [1.807, 2.05) is 31.2 Å². The van der Waals surface area contributed by atoms with E-state index in [0.29, 0.717) is 0 Å². The average Bonchev–Trinajstić information content (AvgIpc) is 3.02. The van der Waals surface area contributed by atoms with Crippen LogP contribution in [0.25, 0.3) is 0 Å². The van der Waals surface area contributed by atoms with Crippen molar-refractivity contribution in [2.45, 2.75) is 32.4 Å². The van der Waals surface area contributed by atoms with Crippen LogP contribution in [-0.2, 0) is 16.0 Å². The lowest BCUT2D eigenvalue weighted by Gasteiger charge is -2.25. The molecule has 1 aliphatic rings. The van der Waals surface area contributed by atoms with Gasteiger partial charge in [-0.25, -0.2) is 4.79 Å². The van der Waals surface area contributed by atoms with Crippen molar-refractivity contribution in [3.8, 4) is 0 Å². The van der Waals surface area contributed by atoms with Crippen LogP contribution in [0.15, 0.2) is 42.5 Å². The standard InChI is InChI=1S/C20H21N3O5/c1-12-10-14-6-4-5-7-17(14)22(12)19(24)13(2)28-20(25)15-8-9-16(21-3)18(11-15)23(26)27/h4-9,11-13,21H,10H2,1-3H3/t12-,13-/m1/s1. The van der Waals surface area contributed by atoms with E-state index in [1.54, 1.807) is 11.9 Å². The van der Waals surface area contributed by atoms with E-state index in [9.17, 15) is 19.7 Å². The van der Waals surface area contributed by atoms with Crippen LogP contribution < -0.4 is 10.2 Å². The van der Waals surface area contributed by atoms with Crippen molar-refractivity contribution in [3.05, 3.63) is 63.7 Å². The van der Waals surface area contributed by atoms with E-state index >= 15 is 0 Å². The minimum Gasteiger partial charge on any atom is -0.449 e. The fraction of sp³-hybridized carbons (Fsp3) is 0.300. The van der Waals surface area contributed by atoms with Crippen molar-refractivity contribution in [3.63, 3.8) is 0 Å². The Morgan fingerprint density at radius 1 is 1.29 bits per heavy atom. The molecule has 2 aromatic carbocycles. The smallest absolute Gasteiger partial charge is 0.339 e. The summed E-state index contributed by atoms with van der Waals surface area (Å²) in [7, 11) is 1.55. The molecular weight excluding hydrogens is 362 g/mol. The number of fused-ring (bicyclic) bond motifs is 1.